The van der Waals surface area contributed by atoms with Gasteiger partial charge >= 0.3 is 0 Å². The molecule has 0 aliphatic carbocycles. The maximum absolute atomic E-state index is 12.5. The van der Waals surface area contributed by atoms with Gasteiger partial charge in [-0.05, 0) is 54.2 Å². The summed E-state index contributed by atoms with van der Waals surface area (Å²) in [6.45, 7) is 1.51. The average Bonchev–Trinajstić information content (AvgIpc) is 2.59. The van der Waals surface area contributed by atoms with E-state index >= 15 is 0 Å². The van der Waals surface area contributed by atoms with Crippen LogP contribution in [0.15, 0.2) is 42.5 Å². The molecule has 1 aliphatic rings. The number of hydrogen-bond donors (Lipinski definition) is 1. The van der Waals surface area contributed by atoms with Gasteiger partial charge in [-0.15, -0.1) is 0 Å². The Morgan fingerprint density at radius 1 is 1.04 bits per heavy atom. The monoisotopic (exact) mass is 363 g/mol. The molecule has 24 heavy (non-hydrogen) atoms. The van der Waals surface area contributed by atoms with Crippen molar-refractivity contribution in [3.05, 3.63) is 63.6 Å². The van der Waals surface area contributed by atoms with Gasteiger partial charge < -0.3 is 10.0 Å². The molecule has 2 aromatic rings. The summed E-state index contributed by atoms with van der Waals surface area (Å²) in [5, 5.41) is 10.4. The Bertz CT molecular complexity index is 723. The maximum atomic E-state index is 12.5. The molecule has 0 saturated carbocycles. The fourth-order valence-electron chi connectivity index (χ4n) is 3.14. The summed E-state index contributed by atoms with van der Waals surface area (Å²) in [6.07, 6.45) is 2.23. The number of carbonyl (C=O) groups excluding carboxylic acids is 1. The molecule has 0 radical (unpaired) electrons. The first-order valence-corrected chi connectivity index (χ1v) is 8.79. The molecular formula is C19H19Cl2NO2. The predicted octanol–water partition coefficient (Wildman–Crippen LogP) is 4.65. The van der Waals surface area contributed by atoms with Gasteiger partial charge in [-0.2, -0.15) is 0 Å². The van der Waals surface area contributed by atoms with Crippen LogP contribution in [-0.2, 0) is 11.2 Å². The van der Waals surface area contributed by atoms with Crippen molar-refractivity contribution in [3.8, 4) is 5.75 Å². The number of phenolic OH excluding ortho intramolecular Hbond substituents is 1. The van der Waals surface area contributed by atoms with Crippen molar-refractivity contribution in [3.63, 3.8) is 0 Å². The van der Waals surface area contributed by atoms with Crippen molar-refractivity contribution >= 4 is 29.1 Å². The first-order valence-electron chi connectivity index (χ1n) is 8.03. The second-order valence-electron chi connectivity index (χ2n) is 6.17. The van der Waals surface area contributed by atoms with Gasteiger partial charge in [-0.1, -0.05) is 41.4 Å². The molecular weight excluding hydrogens is 345 g/mol. The number of amides is 1. The summed E-state index contributed by atoms with van der Waals surface area (Å²) in [5.41, 5.74) is 2.11. The van der Waals surface area contributed by atoms with E-state index in [-0.39, 0.29) is 11.7 Å². The number of halogens is 2. The van der Waals surface area contributed by atoms with Gasteiger partial charge in [0.25, 0.3) is 0 Å². The van der Waals surface area contributed by atoms with Crippen LogP contribution >= 0.6 is 23.2 Å². The summed E-state index contributed by atoms with van der Waals surface area (Å²) < 4.78 is 0. The van der Waals surface area contributed by atoms with E-state index in [4.69, 9.17) is 23.2 Å². The summed E-state index contributed by atoms with van der Waals surface area (Å²) in [4.78, 5) is 14.4. The fourth-order valence-corrected chi connectivity index (χ4v) is 3.47. The molecule has 0 bridgehead atoms. The molecule has 0 unspecified atom stereocenters. The van der Waals surface area contributed by atoms with E-state index in [9.17, 15) is 9.90 Å². The van der Waals surface area contributed by atoms with Gasteiger partial charge in [-0.3, -0.25) is 4.79 Å². The predicted molar refractivity (Wildman–Crippen MR) is 96.8 cm³/mol. The zero-order valence-corrected chi connectivity index (χ0v) is 14.7. The molecule has 1 heterocycles. The van der Waals surface area contributed by atoms with E-state index < -0.39 is 0 Å². The van der Waals surface area contributed by atoms with Crippen LogP contribution in [0.2, 0.25) is 10.0 Å². The number of phenols is 1. The molecule has 5 heteroatoms. The SMILES string of the molecule is O=C(Cc1ccc(Cl)c(Cl)c1)N1CCC(c2ccc(O)cc2)CC1. The standard InChI is InChI=1S/C19H19Cl2NO2/c20-17-6-1-13(11-18(17)21)12-19(24)22-9-7-15(8-10-22)14-2-4-16(23)5-3-14/h1-6,11,15,23H,7-10,12H2. The zero-order valence-electron chi connectivity index (χ0n) is 13.2. The first-order chi connectivity index (χ1) is 11.5. The lowest BCUT2D eigenvalue weighted by Crippen LogP contribution is -2.38. The van der Waals surface area contributed by atoms with Gasteiger partial charge in [0.15, 0.2) is 0 Å². The lowest BCUT2D eigenvalue weighted by atomic mass is 9.89. The molecule has 2 aromatic carbocycles. The molecule has 1 fully saturated rings. The second-order valence-corrected chi connectivity index (χ2v) is 6.99. The van der Waals surface area contributed by atoms with Crippen molar-refractivity contribution in [1.82, 2.24) is 4.90 Å². The van der Waals surface area contributed by atoms with Gasteiger partial charge in [0, 0.05) is 13.1 Å². The molecule has 1 saturated heterocycles. The summed E-state index contributed by atoms with van der Waals surface area (Å²) in [5.74, 6) is 0.852. The average molecular weight is 364 g/mol. The van der Waals surface area contributed by atoms with E-state index in [2.05, 4.69) is 0 Å². The van der Waals surface area contributed by atoms with Crippen molar-refractivity contribution < 1.29 is 9.90 Å². The van der Waals surface area contributed by atoms with Crippen LogP contribution in [0.25, 0.3) is 0 Å². The minimum atomic E-state index is 0.123. The summed E-state index contributed by atoms with van der Waals surface area (Å²) in [6, 6.07) is 12.7. The van der Waals surface area contributed by atoms with E-state index in [1.807, 2.05) is 23.1 Å². The number of benzene rings is 2. The number of aromatic hydroxyl groups is 1. The number of nitrogens with zero attached hydrogens (tertiary/aromatic N) is 1. The Labute approximate surface area is 151 Å². The molecule has 1 aliphatic heterocycles. The second kappa shape index (κ2) is 7.45. The van der Waals surface area contributed by atoms with Crippen LogP contribution in [0.4, 0.5) is 0 Å². The molecule has 1 N–H and O–H groups in total. The molecule has 1 amide bonds. The van der Waals surface area contributed by atoms with Crippen molar-refractivity contribution in [2.45, 2.75) is 25.2 Å². The van der Waals surface area contributed by atoms with Gasteiger partial charge in [-0.25, -0.2) is 0 Å². The third-order valence-corrected chi connectivity index (χ3v) is 5.29. The highest BCUT2D eigenvalue weighted by atomic mass is 35.5. The summed E-state index contributed by atoms with van der Waals surface area (Å²) >= 11 is 11.9. The normalized spacial score (nSPS) is 15.5. The minimum absolute atomic E-state index is 0.123. The van der Waals surface area contributed by atoms with Crippen LogP contribution in [0, 0.1) is 0 Å². The minimum Gasteiger partial charge on any atom is -0.508 e. The Balaban J connectivity index is 1.56. The van der Waals surface area contributed by atoms with Gasteiger partial charge in [0.1, 0.15) is 5.75 Å². The van der Waals surface area contributed by atoms with E-state index in [0.717, 1.165) is 31.5 Å². The van der Waals surface area contributed by atoms with Crippen LogP contribution < -0.4 is 0 Å². The quantitative estimate of drug-likeness (QED) is 0.862. The van der Waals surface area contributed by atoms with E-state index in [0.29, 0.717) is 22.4 Å². The lowest BCUT2D eigenvalue weighted by Gasteiger charge is -2.32. The van der Waals surface area contributed by atoms with E-state index in [1.165, 1.54) is 5.56 Å². The Morgan fingerprint density at radius 3 is 2.33 bits per heavy atom. The van der Waals surface area contributed by atoms with Crippen LogP contribution in [0.3, 0.4) is 0 Å². The first kappa shape index (κ1) is 17.1. The third kappa shape index (κ3) is 4.03. The van der Waals surface area contributed by atoms with Crippen molar-refractivity contribution in [2.75, 3.05) is 13.1 Å². The highest BCUT2D eigenvalue weighted by Crippen LogP contribution is 2.29. The molecule has 3 nitrogen and oxygen atoms in total. The smallest absolute Gasteiger partial charge is 0.226 e. The number of carbonyl (C=O) groups is 1. The lowest BCUT2D eigenvalue weighted by molar-refractivity contribution is -0.131. The van der Waals surface area contributed by atoms with Crippen LogP contribution in [0.1, 0.15) is 29.9 Å². The number of likely N-dealkylation sites (tertiary alicyclic amines) is 1. The number of hydrogen-bond acceptors (Lipinski definition) is 2. The number of rotatable bonds is 3. The maximum Gasteiger partial charge on any atom is 0.226 e. The summed E-state index contributed by atoms with van der Waals surface area (Å²) in [7, 11) is 0. The van der Waals surface area contributed by atoms with Gasteiger partial charge in [0.05, 0.1) is 16.5 Å². The van der Waals surface area contributed by atoms with Crippen molar-refractivity contribution in [1.29, 1.82) is 0 Å². The molecule has 0 spiro atoms. The van der Waals surface area contributed by atoms with Crippen LogP contribution in [0.5, 0.6) is 5.75 Å². The zero-order chi connectivity index (χ0) is 17.1. The van der Waals surface area contributed by atoms with E-state index in [1.54, 1.807) is 24.3 Å². The number of piperidine rings is 1. The van der Waals surface area contributed by atoms with Gasteiger partial charge in [0.2, 0.25) is 5.91 Å². The third-order valence-electron chi connectivity index (χ3n) is 4.55. The molecule has 0 aromatic heterocycles. The largest absolute Gasteiger partial charge is 0.508 e. The fraction of sp³-hybridized carbons (Fsp3) is 0.316. The topological polar surface area (TPSA) is 40.5 Å². The van der Waals surface area contributed by atoms with Crippen molar-refractivity contribution in [2.24, 2.45) is 0 Å². The van der Waals surface area contributed by atoms with Crippen LogP contribution in [-0.4, -0.2) is 29.0 Å². The molecule has 0 atom stereocenters. The molecule has 3 rings (SSSR count). The molecule has 126 valence electrons. The Kier molecular flexibility index (Phi) is 5.32. The Hall–Kier alpha value is -1.71. The Morgan fingerprint density at radius 2 is 1.71 bits per heavy atom. The highest BCUT2D eigenvalue weighted by molar-refractivity contribution is 6.42. The highest BCUT2D eigenvalue weighted by Gasteiger charge is 2.23.